The van der Waals surface area contributed by atoms with Crippen molar-refractivity contribution in [2.45, 2.75) is 53.1 Å². The molecule has 5 heteroatoms. The molecule has 0 aliphatic rings. The van der Waals surface area contributed by atoms with Gasteiger partial charge in [0.25, 0.3) is 0 Å². The number of carbonyl (C=O) groups is 2. The minimum absolute atomic E-state index is 0.118. The summed E-state index contributed by atoms with van der Waals surface area (Å²) in [6, 6.07) is 11.5. The molecule has 1 N–H and O–H groups in total. The molecule has 0 aliphatic heterocycles. The van der Waals surface area contributed by atoms with Crippen molar-refractivity contribution in [2.75, 3.05) is 6.54 Å². The second kappa shape index (κ2) is 10.0. The Morgan fingerprint density at radius 3 is 2.14 bits per heavy atom. The molecule has 28 heavy (non-hydrogen) atoms. The highest BCUT2D eigenvalue weighted by atomic mass is 19.1. The highest BCUT2D eigenvalue weighted by molar-refractivity contribution is 5.88. The van der Waals surface area contributed by atoms with E-state index >= 15 is 0 Å². The van der Waals surface area contributed by atoms with E-state index in [-0.39, 0.29) is 30.6 Å². The summed E-state index contributed by atoms with van der Waals surface area (Å²) < 4.78 is 13.3. The molecule has 0 spiro atoms. The van der Waals surface area contributed by atoms with E-state index in [2.05, 4.69) is 11.4 Å². The predicted molar refractivity (Wildman–Crippen MR) is 109 cm³/mol. The monoisotopic (exact) mass is 384 g/mol. The summed E-state index contributed by atoms with van der Waals surface area (Å²) in [6.45, 7) is 8.51. The Hall–Kier alpha value is -2.69. The van der Waals surface area contributed by atoms with Crippen LogP contribution in [-0.2, 0) is 22.6 Å². The van der Waals surface area contributed by atoms with Gasteiger partial charge in [-0.05, 0) is 50.5 Å². The van der Waals surface area contributed by atoms with Crippen LogP contribution in [0.1, 0.15) is 42.5 Å². The van der Waals surface area contributed by atoms with Gasteiger partial charge < -0.3 is 10.2 Å². The molecule has 0 bridgehead atoms. The quantitative estimate of drug-likeness (QED) is 0.750. The molecule has 0 saturated carbocycles. The summed E-state index contributed by atoms with van der Waals surface area (Å²) in [4.78, 5) is 27.4. The van der Waals surface area contributed by atoms with Crippen molar-refractivity contribution in [3.63, 3.8) is 0 Å². The first-order valence-electron chi connectivity index (χ1n) is 9.72. The Morgan fingerprint density at radius 1 is 1.00 bits per heavy atom. The Bertz CT molecular complexity index is 798. The molecule has 2 aromatic rings. The van der Waals surface area contributed by atoms with Gasteiger partial charge in [-0.2, -0.15) is 0 Å². The topological polar surface area (TPSA) is 49.4 Å². The van der Waals surface area contributed by atoms with E-state index in [0.29, 0.717) is 13.0 Å². The molecule has 0 heterocycles. The summed E-state index contributed by atoms with van der Waals surface area (Å²) in [5.41, 5.74) is 3.92. The molecule has 2 aromatic carbocycles. The van der Waals surface area contributed by atoms with Gasteiger partial charge in [-0.25, -0.2) is 4.39 Å². The van der Waals surface area contributed by atoms with Crippen LogP contribution in [0.2, 0.25) is 0 Å². The second-order valence-electron chi connectivity index (χ2n) is 7.14. The number of rotatable bonds is 8. The summed E-state index contributed by atoms with van der Waals surface area (Å²) in [5, 5.41) is 2.82. The molecule has 0 aromatic heterocycles. The predicted octanol–water partition coefficient (Wildman–Crippen LogP) is 3.93. The molecule has 4 nitrogen and oxygen atoms in total. The van der Waals surface area contributed by atoms with Crippen LogP contribution < -0.4 is 5.32 Å². The van der Waals surface area contributed by atoms with E-state index in [0.717, 1.165) is 22.3 Å². The van der Waals surface area contributed by atoms with Gasteiger partial charge in [0.2, 0.25) is 11.8 Å². The lowest BCUT2D eigenvalue weighted by Gasteiger charge is -2.30. The third-order valence-corrected chi connectivity index (χ3v) is 4.64. The van der Waals surface area contributed by atoms with E-state index in [1.807, 2.05) is 39.8 Å². The largest absolute Gasteiger partial charge is 0.355 e. The maximum absolute atomic E-state index is 13.3. The SMILES string of the molecule is CCNC(=O)[C@@H](CC)N(Cc1ccc(F)cc1)C(=O)Cc1cc(C)cc(C)c1. The van der Waals surface area contributed by atoms with Crippen molar-refractivity contribution in [1.82, 2.24) is 10.2 Å². The smallest absolute Gasteiger partial charge is 0.242 e. The standard InChI is InChI=1S/C23H29FN2O2/c1-5-21(23(28)25-6-2)26(15-18-7-9-20(24)10-8-18)22(27)14-19-12-16(3)11-17(4)13-19/h7-13,21H,5-6,14-15H2,1-4H3,(H,25,28)/t21-/m1/s1. The van der Waals surface area contributed by atoms with Crippen molar-refractivity contribution in [2.24, 2.45) is 0 Å². The molecule has 0 aliphatic carbocycles. The normalized spacial score (nSPS) is 11.8. The van der Waals surface area contributed by atoms with Crippen LogP contribution in [0.5, 0.6) is 0 Å². The van der Waals surface area contributed by atoms with Gasteiger partial charge in [0, 0.05) is 13.1 Å². The second-order valence-corrected chi connectivity index (χ2v) is 7.14. The van der Waals surface area contributed by atoms with Crippen molar-refractivity contribution in [3.05, 3.63) is 70.5 Å². The van der Waals surface area contributed by atoms with Gasteiger partial charge >= 0.3 is 0 Å². The first-order chi connectivity index (χ1) is 13.3. The van der Waals surface area contributed by atoms with Crippen molar-refractivity contribution >= 4 is 11.8 Å². The summed E-state index contributed by atoms with van der Waals surface area (Å²) in [6.07, 6.45) is 0.727. The minimum Gasteiger partial charge on any atom is -0.355 e. The number of hydrogen-bond acceptors (Lipinski definition) is 2. The van der Waals surface area contributed by atoms with E-state index in [1.165, 1.54) is 12.1 Å². The average Bonchev–Trinajstić information content (AvgIpc) is 2.62. The first kappa shape index (κ1) is 21.6. The minimum atomic E-state index is -0.566. The lowest BCUT2D eigenvalue weighted by atomic mass is 10.0. The molecule has 1 atom stereocenters. The Balaban J connectivity index is 2.30. The fraction of sp³-hybridized carbons (Fsp3) is 0.391. The van der Waals surface area contributed by atoms with Crippen LogP contribution in [-0.4, -0.2) is 29.3 Å². The third-order valence-electron chi connectivity index (χ3n) is 4.64. The molecule has 0 radical (unpaired) electrons. The summed E-state index contributed by atoms with van der Waals surface area (Å²) >= 11 is 0. The first-order valence-corrected chi connectivity index (χ1v) is 9.72. The van der Waals surface area contributed by atoms with Gasteiger partial charge in [0.1, 0.15) is 11.9 Å². The third kappa shape index (κ3) is 5.91. The van der Waals surface area contributed by atoms with Gasteiger partial charge in [0.05, 0.1) is 6.42 Å². The molecule has 2 rings (SSSR count). The van der Waals surface area contributed by atoms with Crippen LogP contribution in [0.3, 0.4) is 0 Å². The van der Waals surface area contributed by atoms with E-state index in [9.17, 15) is 14.0 Å². The van der Waals surface area contributed by atoms with Gasteiger partial charge in [-0.1, -0.05) is 48.4 Å². The molecule has 2 amide bonds. The lowest BCUT2D eigenvalue weighted by Crippen LogP contribution is -2.49. The molecule has 0 unspecified atom stereocenters. The van der Waals surface area contributed by atoms with Gasteiger partial charge in [0.15, 0.2) is 0 Å². The number of hydrogen-bond donors (Lipinski definition) is 1. The highest BCUT2D eigenvalue weighted by Gasteiger charge is 2.28. The highest BCUT2D eigenvalue weighted by Crippen LogP contribution is 2.16. The van der Waals surface area contributed by atoms with Gasteiger partial charge in [-0.3, -0.25) is 9.59 Å². The average molecular weight is 384 g/mol. The van der Waals surface area contributed by atoms with Crippen LogP contribution in [0, 0.1) is 19.7 Å². The van der Waals surface area contributed by atoms with Crippen molar-refractivity contribution in [3.8, 4) is 0 Å². The van der Waals surface area contributed by atoms with E-state index in [1.54, 1.807) is 17.0 Å². The fourth-order valence-electron chi connectivity index (χ4n) is 3.45. The van der Waals surface area contributed by atoms with Crippen LogP contribution in [0.15, 0.2) is 42.5 Å². The zero-order valence-electron chi connectivity index (χ0n) is 17.1. The van der Waals surface area contributed by atoms with E-state index in [4.69, 9.17) is 0 Å². The summed E-state index contributed by atoms with van der Waals surface area (Å²) in [5.74, 6) is -0.610. The Morgan fingerprint density at radius 2 is 1.61 bits per heavy atom. The zero-order valence-corrected chi connectivity index (χ0v) is 17.1. The maximum atomic E-state index is 13.3. The van der Waals surface area contributed by atoms with Crippen LogP contribution >= 0.6 is 0 Å². The summed E-state index contributed by atoms with van der Waals surface area (Å²) in [7, 11) is 0. The fourth-order valence-corrected chi connectivity index (χ4v) is 3.45. The van der Waals surface area contributed by atoms with Crippen LogP contribution in [0.25, 0.3) is 0 Å². The van der Waals surface area contributed by atoms with Crippen molar-refractivity contribution in [1.29, 1.82) is 0 Å². The number of amides is 2. The number of aryl methyl sites for hydroxylation is 2. The number of halogens is 1. The number of benzene rings is 2. The van der Waals surface area contributed by atoms with Crippen LogP contribution in [0.4, 0.5) is 4.39 Å². The van der Waals surface area contributed by atoms with E-state index < -0.39 is 6.04 Å². The zero-order chi connectivity index (χ0) is 20.7. The number of nitrogens with zero attached hydrogens (tertiary/aromatic N) is 1. The number of likely N-dealkylation sites (N-methyl/N-ethyl adjacent to an activating group) is 1. The Kier molecular flexibility index (Phi) is 7.73. The van der Waals surface area contributed by atoms with Crippen molar-refractivity contribution < 1.29 is 14.0 Å². The molecule has 150 valence electrons. The number of carbonyl (C=O) groups excluding carboxylic acids is 2. The van der Waals surface area contributed by atoms with Gasteiger partial charge in [-0.15, -0.1) is 0 Å². The number of nitrogens with one attached hydrogen (secondary N) is 1. The molecular formula is C23H29FN2O2. The Labute approximate surface area is 166 Å². The maximum Gasteiger partial charge on any atom is 0.242 e. The molecule has 0 fully saturated rings. The molecule has 0 saturated heterocycles. The molecular weight excluding hydrogens is 355 g/mol. The lowest BCUT2D eigenvalue weighted by molar-refractivity contribution is -0.140.